The maximum atomic E-state index is 10.7. The van der Waals surface area contributed by atoms with Crippen LogP contribution in [0.5, 0.6) is 0 Å². The molecule has 1 N–H and O–H groups in total. The smallest absolute Gasteiger partial charge is 0.166 e. The van der Waals surface area contributed by atoms with Gasteiger partial charge in [0.15, 0.2) is 5.79 Å². The van der Waals surface area contributed by atoms with Crippen LogP contribution >= 0.6 is 0 Å². The summed E-state index contributed by atoms with van der Waals surface area (Å²) in [6.07, 6.45) is 11.6. The fourth-order valence-electron chi connectivity index (χ4n) is 6.63. The molecule has 2 nitrogen and oxygen atoms in total. The van der Waals surface area contributed by atoms with Crippen LogP contribution in [-0.2, 0) is 4.74 Å². The van der Waals surface area contributed by atoms with Crippen LogP contribution in [0, 0.1) is 29.1 Å². The lowest BCUT2D eigenvalue weighted by Crippen LogP contribution is -2.62. The maximum Gasteiger partial charge on any atom is 0.166 e. The molecule has 98 valence electrons. The van der Waals surface area contributed by atoms with Crippen molar-refractivity contribution in [3.8, 4) is 0 Å². The Morgan fingerprint density at radius 3 is 2.17 bits per heavy atom. The molecule has 0 aromatic rings. The van der Waals surface area contributed by atoms with Crippen LogP contribution in [0.25, 0.3) is 0 Å². The van der Waals surface area contributed by atoms with E-state index in [1.54, 1.807) is 0 Å². The summed E-state index contributed by atoms with van der Waals surface area (Å²) in [7, 11) is 0. The zero-order chi connectivity index (χ0) is 12.2. The highest BCUT2D eigenvalue weighted by molar-refractivity contribution is 5.32. The molecular formula is C16H22O2. The van der Waals surface area contributed by atoms with E-state index in [4.69, 9.17) is 4.74 Å². The van der Waals surface area contributed by atoms with E-state index < -0.39 is 5.79 Å². The fourth-order valence-corrected chi connectivity index (χ4v) is 6.63. The van der Waals surface area contributed by atoms with Gasteiger partial charge in [-0.05, 0) is 49.4 Å². The van der Waals surface area contributed by atoms with Gasteiger partial charge in [0, 0.05) is 18.3 Å². The number of hydrogen-bond donors (Lipinski definition) is 1. The molecule has 2 heteroatoms. The third-order valence-electron chi connectivity index (χ3n) is 7.37. The van der Waals surface area contributed by atoms with Gasteiger partial charge < -0.3 is 9.84 Å². The van der Waals surface area contributed by atoms with Crippen molar-refractivity contribution < 1.29 is 9.84 Å². The summed E-state index contributed by atoms with van der Waals surface area (Å²) in [6, 6.07) is 0. The van der Waals surface area contributed by atoms with Gasteiger partial charge in [0.05, 0.1) is 5.60 Å². The maximum absolute atomic E-state index is 10.7. The van der Waals surface area contributed by atoms with E-state index >= 15 is 0 Å². The molecule has 7 atom stereocenters. The van der Waals surface area contributed by atoms with Crippen molar-refractivity contribution >= 4 is 0 Å². The minimum absolute atomic E-state index is 0.0110. The second-order valence-electron chi connectivity index (χ2n) is 7.66. The van der Waals surface area contributed by atoms with Gasteiger partial charge >= 0.3 is 0 Å². The average Bonchev–Trinajstić information content (AvgIpc) is 2.87. The molecule has 3 unspecified atom stereocenters. The predicted molar refractivity (Wildman–Crippen MR) is 67.7 cm³/mol. The van der Waals surface area contributed by atoms with Crippen LogP contribution in [-0.4, -0.2) is 16.5 Å². The molecule has 2 saturated carbocycles. The van der Waals surface area contributed by atoms with Crippen LogP contribution in [0.4, 0.5) is 0 Å². The summed E-state index contributed by atoms with van der Waals surface area (Å²) in [5, 5.41) is 10.7. The SMILES string of the molecule is CC12[C@@H]3C=C[C@H]1C[C@@H]1CCC4(O)CC[C@@H](C3)C12O4. The lowest BCUT2D eigenvalue weighted by molar-refractivity contribution is -0.356. The Labute approximate surface area is 108 Å². The summed E-state index contributed by atoms with van der Waals surface area (Å²) >= 11 is 0. The molecule has 3 aliphatic carbocycles. The van der Waals surface area contributed by atoms with Gasteiger partial charge in [-0.2, -0.15) is 0 Å². The van der Waals surface area contributed by atoms with Crippen LogP contribution in [0.15, 0.2) is 12.2 Å². The van der Waals surface area contributed by atoms with Gasteiger partial charge in [0.25, 0.3) is 0 Å². The van der Waals surface area contributed by atoms with E-state index in [1.807, 2.05) is 0 Å². The van der Waals surface area contributed by atoms with E-state index in [2.05, 4.69) is 19.1 Å². The van der Waals surface area contributed by atoms with E-state index in [0.717, 1.165) is 12.8 Å². The van der Waals surface area contributed by atoms with Crippen molar-refractivity contribution in [1.82, 2.24) is 0 Å². The summed E-state index contributed by atoms with van der Waals surface area (Å²) < 4.78 is 6.51. The Bertz CT molecular complexity index is 424. The van der Waals surface area contributed by atoms with Gasteiger partial charge in [0.2, 0.25) is 0 Å². The number of fused-ring (bicyclic) bond motifs is 1. The zero-order valence-electron chi connectivity index (χ0n) is 11.1. The van der Waals surface area contributed by atoms with Crippen LogP contribution < -0.4 is 0 Å². The first-order chi connectivity index (χ1) is 8.58. The topological polar surface area (TPSA) is 29.5 Å². The molecular weight excluding hydrogens is 224 g/mol. The first kappa shape index (κ1) is 10.4. The molecule has 5 aliphatic rings. The summed E-state index contributed by atoms with van der Waals surface area (Å²) in [4.78, 5) is 0. The third-order valence-corrected chi connectivity index (χ3v) is 7.37. The standard InChI is InChI=1S/C16H22O2/c1-14-10-2-3-11(14)9-13-5-7-15(17)6-4-12(8-10)16(13,14)18-15/h2-3,10-13,17H,4-9H2,1H3/t10-,11+,12-,13-,14?,15?,16?/m0/s1. The fraction of sp³-hybridized carbons (Fsp3) is 0.875. The Hall–Kier alpha value is -0.340. The Morgan fingerprint density at radius 1 is 1.06 bits per heavy atom. The summed E-state index contributed by atoms with van der Waals surface area (Å²) in [5.74, 6) is 2.03. The molecule has 0 aromatic heterocycles. The minimum Gasteiger partial charge on any atom is -0.365 e. The second-order valence-corrected chi connectivity index (χ2v) is 7.66. The Kier molecular flexibility index (Phi) is 1.59. The van der Waals surface area contributed by atoms with Gasteiger partial charge in [-0.1, -0.05) is 19.1 Å². The molecule has 5 rings (SSSR count). The first-order valence-corrected chi connectivity index (χ1v) is 7.69. The zero-order valence-corrected chi connectivity index (χ0v) is 11.1. The van der Waals surface area contributed by atoms with Gasteiger partial charge in [0.1, 0.15) is 0 Å². The van der Waals surface area contributed by atoms with Crippen LogP contribution in [0.2, 0.25) is 0 Å². The van der Waals surface area contributed by atoms with E-state index in [-0.39, 0.29) is 11.0 Å². The molecule has 0 aromatic carbocycles. The molecule has 2 aliphatic heterocycles. The van der Waals surface area contributed by atoms with Crippen molar-refractivity contribution in [2.45, 2.75) is 56.8 Å². The van der Waals surface area contributed by atoms with Crippen molar-refractivity contribution in [3.63, 3.8) is 0 Å². The van der Waals surface area contributed by atoms with Gasteiger partial charge in [-0.15, -0.1) is 0 Å². The third kappa shape index (κ3) is 0.830. The van der Waals surface area contributed by atoms with E-state index in [9.17, 15) is 5.11 Å². The normalized spacial score (nSPS) is 67.4. The summed E-state index contributed by atoms with van der Waals surface area (Å²) in [5.41, 5.74) is 0.300. The first-order valence-electron chi connectivity index (χ1n) is 7.69. The Morgan fingerprint density at radius 2 is 1.61 bits per heavy atom. The van der Waals surface area contributed by atoms with Crippen molar-refractivity contribution in [3.05, 3.63) is 12.2 Å². The largest absolute Gasteiger partial charge is 0.365 e. The van der Waals surface area contributed by atoms with Crippen LogP contribution in [0.1, 0.15) is 45.4 Å². The highest BCUT2D eigenvalue weighted by Crippen LogP contribution is 2.76. The average molecular weight is 246 g/mol. The second kappa shape index (κ2) is 2.73. The van der Waals surface area contributed by atoms with Gasteiger partial charge in [-0.3, -0.25) is 0 Å². The molecule has 0 amide bonds. The number of allylic oxidation sites excluding steroid dienone is 2. The van der Waals surface area contributed by atoms with Crippen molar-refractivity contribution in [1.29, 1.82) is 0 Å². The number of aliphatic hydroxyl groups is 1. The van der Waals surface area contributed by atoms with Crippen LogP contribution in [0.3, 0.4) is 0 Å². The summed E-state index contributed by atoms with van der Waals surface area (Å²) in [6.45, 7) is 2.46. The minimum atomic E-state index is -0.789. The molecule has 2 bridgehead atoms. The van der Waals surface area contributed by atoms with E-state index in [1.165, 1.54) is 25.7 Å². The number of hydrogen-bond acceptors (Lipinski definition) is 2. The molecule has 4 fully saturated rings. The molecule has 2 saturated heterocycles. The van der Waals surface area contributed by atoms with Gasteiger partial charge in [-0.25, -0.2) is 0 Å². The number of rotatable bonds is 0. The highest BCUT2D eigenvalue weighted by atomic mass is 16.6. The quantitative estimate of drug-likeness (QED) is 0.666. The lowest BCUT2D eigenvalue weighted by atomic mass is 9.63. The monoisotopic (exact) mass is 246 g/mol. The Balaban J connectivity index is 1.74. The highest BCUT2D eigenvalue weighted by Gasteiger charge is 2.76. The van der Waals surface area contributed by atoms with Crippen molar-refractivity contribution in [2.24, 2.45) is 29.1 Å². The van der Waals surface area contributed by atoms with E-state index in [0.29, 0.717) is 23.7 Å². The van der Waals surface area contributed by atoms with Crippen molar-refractivity contribution in [2.75, 3.05) is 0 Å². The molecule has 18 heavy (non-hydrogen) atoms. The molecule has 2 heterocycles. The number of ether oxygens (including phenoxy) is 1. The molecule has 1 spiro atoms. The lowest BCUT2D eigenvalue weighted by Gasteiger charge is -2.57. The predicted octanol–water partition coefficient (Wildman–Crippen LogP) is 2.87. The molecule has 0 radical (unpaired) electrons.